The molecule has 1 aliphatic heterocycles. The summed E-state index contributed by atoms with van der Waals surface area (Å²) in [7, 11) is 0. The lowest BCUT2D eigenvalue weighted by atomic mass is 9.73. The van der Waals surface area contributed by atoms with E-state index < -0.39 is 0 Å². The van der Waals surface area contributed by atoms with E-state index in [2.05, 4.69) is 66.5 Å². The van der Waals surface area contributed by atoms with Gasteiger partial charge >= 0.3 is 0 Å². The van der Waals surface area contributed by atoms with Crippen molar-refractivity contribution >= 4 is 29.6 Å². The van der Waals surface area contributed by atoms with Crippen molar-refractivity contribution < 1.29 is 4.79 Å². The smallest absolute Gasteiger partial charge is 0.227 e. The lowest BCUT2D eigenvalue weighted by Gasteiger charge is -2.38. The minimum absolute atomic E-state index is 0.146. The van der Waals surface area contributed by atoms with Gasteiger partial charge < -0.3 is 5.32 Å². The van der Waals surface area contributed by atoms with Crippen molar-refractivity contribution in [2.45, 2.75) is 38.4 Å². The third-order valence-corrected chi connectivity index (χ3v) is 5.63. The monoisotopic (exact) mass is 380 g/mol. The number of benzene rings is 1. The number of nitrogens with zero attached hydrogens (tertiary/aromatic N) is 3. The average Bonchev–Trinajstić information content (AvgIpc) is 3.01. The van der Waals surface area contributed by atoms with E-state index in [1.165, 1.54) is 0 Å². The van der Waals surface area contributed by atoms with Gasteiger partial charge in [-0.2, -0.15) is 4.98 Å². The fourth-order valence-electron chi connectivity index (χ4n) is 3.81. The van der Waals surface area contributed by atoms with Crippen molar-refractivity contribution in [3.05, 3.63) is 53.7 Å². The second-order valence-electron chi connectivity index (χ2n) is 7.69. The van der Waals surface area contributed by atoms with Gasteiger partial charge in [-0.1, -0.05) is 81.1 Å². The van der Waals surface area contributed by atoms with Crippen LogP contribution in [0.3, 0.4) is 0 Å². The van der Waals surface area contributed by atoms with E-state index in [1.54, 1.807) is 11.8 Å². The molecular formula is C21H24N4OS. The molecule has 0 radical (unpaired) electrons. The highest BCUT2D eigenvalue weighted by molar-refractivity contribution is 7.99. The number of carbonyl (C=O) groups excluding carboxylic acids is 1. The molecule has 2 heterocycles. The number of anilines is 1. The van der Waals surface area contributed by atoms with Gasteiger partial charge in [0.1, 0.15) is 5.78 Å². The van der Waals surface area contributed by atoms with E-state index >= 15 is 0 Å². The molecule has 0 unspecified atom stereocenters. The fraction of sp³-hybridized carbons (Fsp3) is 0.381. The van der Waals surface area contributed by atoms with Gasteiger partial charge in [-0.25, -0.2) is 4.68 Å². The van der Waals surface area contributed by atoms with Crippen LogP contribution in [-0.2, 0) is 4.79 Å². The molecule has 0 spiro atoms. The highest BCUT2D eigenvalue weighted by Gasteiger charge is 2.43. The number of Topliss-reactive ketones (excluding diaryl/α,β-unsaturated/α-hetero) is 1. The predicted octanol–water partition coefficient (Wildman–Crippen LogP) is 4.57. The second-order valence-corrected chi connectivity index (χ2v) is 8.92. The Hall–Kier alpha value is -2.34. The number of nitrogens with one attached hydrogen (secondary N) is 1. The quantitative estimate of drug-likeness (QED) is 0.788. The topological polar surface area (TPSA) is 59.8 Å². The Morgan fingerprint density at radius 3 is 2.85 bits per heavy atom. The van der Waals surface area contributed by atoms with Gasteiger partial charge in [-0.15, -0.1) is 5.10 Å². The zero-order chi connectivity index (χ0) is 19.0. The molecule has 0 fully saturated rings. The number of carbonyl (C=O) groups is 1. The zero-order valence-corrected chi connectivity index (χ0v) is 16.7. The Kier molecular flexibility index (Phi) is 4.68. The molecule has 27 heavy (non-hydrogen) atoms. The molecule has 1 N–H and O–H groups in total. The van der Waals surface area contributed by atoms with Gasteiger partial charge in [0.05, 0.1) is 12.0 Å². The molecule has 2 aliphatic rings. The molecule has 2 atom stereocenters. The van der Waals surface area contributed by atoms with Crippen molar-refractivity contribution in [2.75, 3.05) is 11.1 Å². The van der Waals surface area contributed by atoms with Crippen LogP contribution in [-0.4, -0.2) is 26.3 Å². The highest BCUT2D eigenvalue weighted by Crippen LogP contribution is 2.43. The molecule has 0 amide bonds. The molecule has 0 saturated heterocycles. The zero-order valence-electron chi connectivity index (χ0n) is 15.8. The summed E-state index contributed by atoms with van der Waals surface area (Å²) >= 11 is 1.61. The molecule has 140 valence electrons. The van der Waals surface area contributed by atoms with Crippen LogP contribution < -0.4 is 5.32 Å². The summed E-state index contributed by atoms with van der Waals surface area (Å²) in [6, 6.07) is 9.97. The van der Waals surface area contributed by atoms with Crippen molar-refractivity contribution in [3.8, 4) is 0 Å². The minimum Gasteiger partial charge on any atom is -0.328 e. The maximum Gasteiger partial charge on any atom is 0.227 e. The average molecular weight is 381 g/mol. The standard InChI is InChI=1S/C21H24N4OS/c1-4-27-20-23-19-22-15-12-21(2,3)13-17(26)18(15)16(25(19)24-20)11-10-14-8-6-5-7-9-14/h5-12,16,18H,4,13H2,1-3H3,(H,22,23,24)/b11-10+/t16-,18+/m0/s1. The lowest BCUT2D eigenvalue weighted by molar-refractivity contribution is -0.124. The summed E-state index contributed by atoms with van der Waals surface area (Å²) in [6.45, 7) is 6.28. The summed E-state index contributed by atoms with van der Waals surface area (Å²) in [5.74, 6) is 1.62. The van der Waals surface area contributed by atoms with E-state index in [0.717, 1.165) is 22.2 Å². The fourth-order valence-corrected chi connectivity index (χ4v) is 4.36. The van der Waals surface area contributed by atoms with Crippen LogP contribution in [0.2, 0.25) is 0 Å². The molecule has 5 nitrogen and oxygen atoms in total. The molecule has 6 heteroatoms. The van der Waals surface area contributed by atoms with Crippen molar-refractivity contribution in [2.24, 2.45) is 11.3 Å². The van der Waals surface area contributed by atoms with Crippen LogP contribution in [0.5, 0.6) is 0 Å². The van der Waals surface area contributed by atoms with E-state index in [9.17, 15) is 4.79 Å². The Balaban J connectivity index is 1.78. The molecule has 1 aromatic heterocycles. The van der Waals surface area contributed by atoms with Crippen LogP contribution in [0.15, 0.2) is 53.3 Å². The summed E-state index contributed by atoms with van der Waals surface area (Å²) in [5, 5.41) is 8.79. The number of ketones is 1. The SMILES string of the molecule is CCSc1nc2n(n1)[C@@H](/C=C/c1ccccc1)[C@@H]1C(=O)CC(C)(C)C=C1N2. The van der Waals surface area contributed by atoms with E-state index in [1.807, 2.05) is 22.9 Å². The van der Waals surface area contributed by atoms with Crippen LogP contribution >= 0.6 is 11.8 Å². The van der Waals surface area contributed by atoms with Crippen LogP contribution in [0, 0.1) is 11.3 Å². The summed E-state index contributed by atoms with van der Waals surface area (Å²) in [6.07, 6.45) is 6.88. The maximum atomic E-state index is 13.0. The lowest BCUT2D eigenvalue weighted by Crippen LogP contribution is -2.40. The first-order valence-corrected chi connectivity index (χ1v) is 10.3. The number of aromatic nitrogens is 3. The largest absolute Gasteiger partial charge is 0.328 e. The van der Waals surface area contributed by atoms with E-state index in [0.29, 0.717) is 12.4 Å². The first-order valence-electron chi connectivity index (χ1n) is 9.32. The molecule has 0 bridgehead atoms. The summed E-state index contributed by atoms with van der Waals surface area (Å²) in [5.41, 5.74) is 1.91. The Labute approximate surface area is 164 Å². The molecule has 1 aliphatic carbocycles. The van der Waals surface area contributed by atoms with Crippen LogP contribution in [0.4, 0.5) is 5.95 Å². The van der Waals surface area contributed by atoms with Gasteiger partial charge in [-0.05, 0) is 16.7 Å². The van der Waals surface area contributed by atoms with Crippen molar-refractivity contribution in [3.63, 3.8) is 0 Å². The minimum atomic E-state index is -0.244. The summed E-state index contributed by atoms with van der Waals surface area (Å²) in [4.78, 5) is 17.7. The Morgan fingerprint density at radius 2 is 2.11 bits per heavy atom. The second kappa shape index (κ2) is 7.00. The van der Waals surface area contributed by atoms with Gasteiger partial charge in [0.25, 0.3) is 0 Å². The number of allylic oxidation sites excluding steroid dienone is 3. The Bertz CT molecular complexity index is 914. The number of rotatable bonds is 4. The van der Waals surface area contributed by atoms with E-state index in [-0.39, 0.29) is 23.2 Å². The Morgan fingerprint density at radius 1 is 1.33 bits per heavy atom. The third-order valence-electron chi connectivity index (χ3n) is 4.91. The van der Waals surface area contributed by atoms with Gasteiger partial charge in [0, 0.05) is 12.1 Å². The first-order chi connectivity index (χ1) is 13.0. The molecule has 0 saturated carbocycles. The molecule has 4 rings (SSSR count). The maximum absolute atomic E-state index is 13.0. The van der Waals surface area contributed by atoms with Crippen molar-refractivity contribution in [1.82, 2.24) is 14.8 Å². The van der Waals surface area contributed by atoms with Crippen molar-refractivity contribution in [1.29, 1.82) is 0 Å². The number of fused-ring (bicyclic) bond motifs is 2. The summed E-state index contributed by atoms with van der Waals surface area (Å²) < 4.78 is 1.87. The predicted molar refractivity (Wildman–Crippen MR) is 110 cm³/mol. The highest BCUT2D eigenvalue weighted by atomic mass is 32.2. The number of hydrogen-bond donors (Lipinski definition) is 1. The van der Waals surface area contributed by atoms with Crippen LogP contribution in [0.25, 0.3) is 6.08 Å². The normalized spacial score (nSPS) is 23.5. The van der Waals surface area contributed by atoms with Gasteiger partial charge in [-0.3, -0.25) is 4.79 Å². The molecular weight excluding hydrogens is 356 g/mol. The van der Waals surface area contributed by atoms with E-state index in [4.69, 9.17) is 0 Å². The van der Waals surface area contributed by atoms with Gasteiger partial charge in [0.15, 0.2) is 0 Å². The van der Waals surface area contributed by atoms with Gasteiger partial charge in [0.2, 0.25) is 11.1 Å². The third kappa shape index (κ3) is 3.58. The molecule has 2 aromatic rings. The van der Waals surface area contributed by atoms with Crippen LogP contribution in [0.1, 0.15) is 38.8 Å². The number of thioether (sulfide) groups is 1. The first kappa shape index (κ1) is 18.0. The number of hydrogen-bond acceptors (Lipinski definition) is 5. The molecule has 1 aromatic carbocycles.